The largest absolute Gasteiger partial charge is 0.352 e. The minimum atomic E-state index is -3.84. The molecule has 0 fully saturated rings. The predicted octanol–water partition coefficient (Wildman–Crippen LogP) is 4.97. The van der Waals surface area contributed by atoms with E-state index in [1.807, 2.05) is 74.5 Å². The highest BCUT2D eigenvalue weighted by molar-refractivity contribution is 7.92. The van der Waals surface area contributed by atoms with Crippen molar-refractivity contribution in [3.63, 3.8) is 0 Å². The normalized spacial score (nSPS) is 12.8. The van der Waals surface area contributed by atoms with E-state index in [1.54, 1.807) is 25.1 Å². The molecule has 0 saturated heterocycles. The minimum Gasteiger partial charge on any atom is -0.352 e. The van der Waals surface area contributed by atoms with Gasteiger partial charge in [-0.05, 0) is 55.2 Å². The SMILES string of the molecule is CC[C@H](C)NC(=O)[C@H](Cc1ccccc1)N(Cc1ccccc1)C(=O)CN(c1ccc(Cl)cc1C)S(C)(=O)=O. The summed E-state index contributed by atoms with van der Waals surface area (Å²) in [5.74, 6) is -0.773. The molecular weight excluding hydrogens is 534 g/mol. The highest BCUT2D eigenvalue weighted by Gasteiger charge is 2.33. The van der Waals surface area contributed by atoms with Gasteiger partial charge in [0.15, 0.2) is 0 Å². The van der Waals surface area contributed by atoms with Gasteiger partial charge in [0, 0.05) is 24.0 Å². The summed E-state index contributed by atoms with van der Waals surface area (Å²) in [6.07, 6.45) is 2.07. The van der Waals surface area contributed by atoms with Crippen molar-refractivity contribution in [2.75, 3.05) is 17.1 Å². The van der Waals surface area contributed by atoms with Crippen molar-refractivity contribution in [2.45, 2.75) is 52.2 Å². The number of rotatable bonds is 12. The summed E-state index contributed by atoms with van der Waals surface area (Å²) in [6, 6.07) is 22.7. The van der Waals surface area contributed by atoms with Gasteiger partial charge < -0.3 is 10.2 Å². The van der Waals surface area contributed by atoms with Crippen molar-refractivity contribution in [1.82, 2.24) is 10.2 Å². The Morgan fingerprint density at radius 3 is 2.08 bits per heavy atom. The molecule has 0 aliphatic rings. The Bertz CT molecular complexity index is 1370. The van der Waals surface area contributed by atoms with Crippen LogP contribution in [0.15, 0.2) is 78.9 Å². The second-order valence-corrected chi connectivity index (χ2v) is 12.1. The van der Waals surface area contributed by atoms with Crippen molar-refractivity contribution in [3.8, 4) is 0 Å². The Morgan fingerprint density at radius 2 is 1.54 bits per heavy atom. The fraction of sp³-hybridized carbons (Fsp3) is 0.333. The number of amides is 2. The number of halogens is 1. The highest BCUT2D eigenvalue weighted by Crippen LogP contribution is 2.26. The lowest BCUT2D eigenvalue weighted by Crippen LogP contribution is -2.54. The third-order valence-corrected chi connectivity index (χ3v) is 7.94. The Hall–Kier alpha value is -3.36. The van der Waals surface area contributed by atoms with Gasteiger partial charge in [0.05, 0.1) is 11.9 Å². The van der Waals surface area contributed by atoms with Crippen molar-refractivity contribution in [2.24, 2.45) is 0 Å². The van der Waals surface area contributed by atoms with E-state index in [2.05, 4.69) is 5.32 Å². The van der Waals surface area contributed by atoms with Crippen molar-refractivity contribution < 1.29 is 18.0 Å². The standard InChI is InChI=1S/C30H36ClN3O4S/c1-5-23(3)32-30(36)28(19-24-12-8-6-9-13-24)33(20-25-14-10-7-11-15-25)29(35)21-34(39(4,37)38)27-17-16-26(31)18-22(27)2/h6-18,23,28H,5,19-21H2,1-4H3,(H,32,36)/t23-,28-/m0/s1. The van der Waals surface area contributed by atoms with Crippen LogP contribution >= 0.6 is 11.6 Å². The van der Waals surface area contributed by atoms with E-state index < -0.39 is 28.5 Å². The summed E-state index contributed by atoms with van der Waals surface area (Å²) >= 11 is 6.10. The summed E-state index contributed by atoms with van der Waals surface area (Å²) in [5, 5.41) is 3.49. The summed E-state index contributed by atoms with van der Waals surface area (Å²) in [6.45, 7) is 5.31. The summed E-state index contributed by atoms with van der Waals surface area (Å²) in [4.78, 5) is 29.2. The fourth-order valence-electron chi connectivity index (χ4n) is 4.27. The van der Waals surface area contributed by atoms with Gasteiger partial charge in [0.1, 0.15) is 12.6 Å². The van der Waals surface area contributed by atoms with Crippen LogP contribution < -0.4 is 9.62 Å². The van der Waals surface area contributed by atoms with Crippen LogP contribution in [0.3, 0.4) is 0 Å². The molecule has 0 bridgehead atoms. The Kier molecular flexibility index (Phi) is 10.5. The number of aryl methyl sites for hydroxylation is 1. The van der Waals surface area contributed by atoms with Gasteiger partial charge in [-0.25, -0.2) is 8.42 Å². The van der Waals surface area contributed by atoms with Gasteiger partial charge in [0.2, 0.25) is 21.8 Å². The quantitative estimate of drug-likeness (QED) is 0.334. The second kappa shape index (κ2) is 13.6. The molecule has 3 rings (SSSR count). The van der Waals surface area contributed by atoms with Crippen LogP contribution in [-0.4, -0.2) is 50.0 Å². The number of nitrogens with one attached hydrogen (secondary N) is 1. The van der Waals surface area contributed by atoms with Crippen LogP contribution in [0.5, 0.6) is 0 Å². The number of nitrogens with zero attached hydrogens (tertiary/aromatic N) is 2. The molecular formula is C30H36ClN3O4S. The molecule has 0 heterocycles. The van der Waals surface area contributed by atoms with E-state index in [-0.39, 0.29) is 24.9 Å². The predicted molar refractivity (Wildman–Crippen MR) is 157 cm³/mol. The average Bonchev–Trinajstić information content (AvgIpc) is 2.90. The Balaban J connectivity index is 2.06. The molecule has 0 saturated carbocycles. The summed E-state index contributed by atoms with van der Waals surface area (Å²) < 4.78 is 26.9. The van der Waals surface area contributed by atoms with Crippen molar-refractivity contribution >= 4 is 39.1 Å². The fourth-order valence-corrected chi connectivity index (χ4v) is 5.40. The molecule has 0 unspecified atom stereocenters. The zero-order valence-corrected chi connectivity index (χ0v) is 24.4. The molecule has 2 amide bonds. The van der Waals surface area contributed by atoms with Crippen LogP contribution in [0.1, 0.15) is 37.0 Å². The second-order valence-electron chi connectivity index (χ2n) is 9.73. The molecule has 9 heteroatoms. The topological polar surface area (TPSA) is 86.8 Å². The van der Waals surface area contributed by atoms with Crippen LogP contribution in [0.4, 0.5) is 5.69 Å². The molecule has 2 atom stereocenters. The molecule has 0 aliphatic carbocycles. The molecule has 7 nitrogen and oxygen atoms in total. The van der Waals surface area contributed by atoms with E-state index in [0.717, 1.165) is 28.1 Å². The minimum absolute atomic E-state index is 0.0892. The number of sulfonamides is 1. The third-order valence-electron chi connectivity index (χ3n) is 6.57. The van der Waals surface area contributed by atoms with E-state index in [4.69, 9.17) is 11.6 Å². The number of anilines is 1. The maximum atomic E-state index is 14.1. The molecule has 3 aromatic rings. The molecule has 208 valence electrons. The number of carbonyl (C=O) groups is 2. The number of hydrogen-bond acceptors (Lipinski definition) is 4. The van der Waals surface area contributed by atoms with Gasteiger partial charge in [-0.2, -0.15) is 0 Å². The van der Waals surface area contributed by atoms with E-state index in [0.29, 0.717) is 16.3 Å². The van der Waals surface area contributed by atoms with Crippen molar-refractivity contribution in [1.29, 1.82) is 0 Å². The van der Waals surface area contributed by atoms with E-state index >= 15 is 0 Å². The van der Waals surface area contributed by atoms with E-state index in [9.17, 15) is 18.0 Å². The first-order valence-electron chi connectivity index (χ1n) is 12.9. The lowest BCUT2D eigenvalue weighted by molar-refractivity contribution is -0.140. The first-order valence-corrected chi connectivity index (χ1v) is 15.1. The van der Waals surface area contributed by atoms with Gasteiger partial charge in [-0.15, -0.1) is 0 Å². The number of carbonyl (C=O) groups excluding carboxylic acids is 2. The molecule has 0 aromatic heterocycles. The van der Waals surface area contributed by atoms with Crippen LogP contribution in [0, 0.1) is 6.92 Å². The molecule has 0 radical (unpaired) electrons. The monoisotopic (exact) mass is 569 g/mol. The summed E-state index contributed by atoms with van der Waals surface area (Å²) in [5.41, 5.74) is 2.69. The van der Waals surface area contributed by atoms with Gasteiger partial charge in [-0.1, -0.05) is 79.2 Å². The van der Waals surface area contributed by atoms with Crippen LogP contribution in [0.2, 0.25) is 5.02 Å². The van der Waals surface area contributed by atoms with Crippen molar-refractivity contribution in [3.05, 3.63) is 101 Å². The maximum absolute atomic E-state index is 14.1. The average molecular weight is 570 g/mol. The van der Waals surface area contributed by atoms with Crippen LogP contribution in [-0.2, 0) is 32.6 Å². The lowest BCUT2D eigenvalue weighted by Gasteiger charge is -2.34. The van der Waals surface area contributed by atoms with Gasteiger partial charge >= 0.3 is 0 Å². The zero-order chi connectivity index (χ0) is 28.6. The van der Waals surface area contributed by atoms with Crippen LogP contribution in [0.25, 0.3) is 0 Å². The summed E-state index contributed by atoms with van der Waals surface area (Å²) in [7, 11) is -3.84. The number of benzene rings is 3. The third kappa shape index (κ3) is 8.57. The Morgan fingerprint density at radius 1 is 0.949 bits per heavy atom. The molecule has 39 heavy (non-hydrogen) atoms. The number of hydrogen-bond donors (Lipinski definition) is 1. The Labute approximate surface area is 236 Å². The van der Waals surface area contributed by atoms with Gasteiger partial charge in [0.25, 0.3) is 0 Å². The molecule has 1 N–H and O–H groups in total. The smallest absolute Gasteiger partial charge is 0.244 e. The molecule has 3 aromatic carbocycles. The first kappa shape index (κ1) is 30.2. The molecule has 0 aliphatic heterocycles. The first-order chi connectivity index (χ1) is 18.5. The van der Waals surface area contributed by atoms with E-state index in [1.165, 1.54) is 4.90 Å². The molecule has 0 spiro atoms. The zero-order valence-electron chi connectivity index (χ0n) is 22.8. The highest BCUT2D eigenvalue weighted by atomic mass is 35.5. The maximum Gasteiger partial charge on any atom is 0.244 e. The van der Waals surface area contributed by atoms with Gasteiger partial charge in [-0.3, -0.25) is 13.9 Å². The lowest BCUT2D eigenvalue weighted by atomic mass is 10.0.